The summed E-state index contributed by atoms with van der Waals surface area (Å²) in [7, 11) is 0. The summed E-state index contributed by atoms with van der Waals surface area (Å²) >= 11 is 6.25. The zero-order chi connectivity index (χ0) is 22.8. The van der Waals surface area contributed by atoms with Crippen LogP contribution in [0.1, 0.15) is 47.2 Å². The normalized spacial score (nSPS) is 17.1. The van der Waals surface area contributed by atoms with Gasteiger partial charge in [-0.1, -0.05) is 36.6 Å². The maximum absolute atomic E-state index is 13.0. The molecule has 2 aromatic carbocycles. The highest BCUT2D eigenvalue weighted by molar-refractivity contribution is 6.53. The summed E-state index contributed by atoms with van der Waals surface area (Å²) in [4.78, 5) is 41.6. The number of anilines is 2. The van der Waals surface area contributed by atoms with E-state index >= 15 is 0 Å². The van der Waals surface area contributed by atoms with Crippen LogP contribution in [0.5, 0.6) is 0 Å². The Morgan fingerprint density at radius 3 is 2.22 bits per heavy atom. The molecule has 6 nitrogen and oxygen atoms in total. The molecule has 0 spiro atoms. The molecule has 0 aromatic heterocycles. The number of carbonyl (C=O) groups excluding carboxylic acids is 3. The van der Waals surface area contributed by atoms with Crippen LogP contribution in [0.4, 0.5) is 11.4 Å². The second-order valence-corrected chi connectivity index (χ2v) is 8.71. The van der Waals surface area contributed by atoms with Crippen LogP contribution in [0.2, 0.25) is 0 Å². The standard InChI is InChI=1S/C25H26ClN3O3/c1-16-7-8-17(2)20(15-16)29-24(31)21(26)22(25(29)32)27-19-11-9-18(10-12-19)23(30)28-13-5-3-4-6-14-28/h7-12,15,27H,3-6,13-14H2,1-2H3. The van der Waals surface area contributed by atoms with E-state index in [1.165, 1.54) is 0 Å². The average molecular weight is 452 g/mol. The third kappa shape index (κ3) is 4.28. The van der Waals surface area contributed by atoms with E-state index in [2.05, 4.69) is 5.32 Å². The van der Waals surface area contributed by atoms with E-state index in [-0.39, 0.29) is 16.6 Å². The van der Waals surface area contributed by atoms with Gasteiger partial charge in [-0.05, 0) is 68.1 Å². The highest BCUT2D eigenvalue weighted by Crippen LogP contribution is 2.32. The Bertz CT molecular complexity index is 1100. The number of likely N-dealkylation sites (tertiary alicyclic amines) is 1. The summed E-state index contributed by atoms with van der Waals surface area (Å²) < 4.78 is 0. The van der Waals surface area contributed by atoms with Crippen LogP contribution in [0.15, 0.2) is 53.2 Å². The molecule has 2 aliphatic rings. The quantitative estimate of drug-likeness (QED) is 0.680. The zero-order valence-electron chi connectivity index (χ0n) is 18.3. The predicted octanol–water partition coefficient (Wildman–Crippen LogP) is 4.76. The minimum Gasteiger partial charge on any atom is -0.350 e. The van der Waals surface area contributed by atoms with Crippen molar-refractivity contribution < 1.29 is 14.4 Å². The van der Waals surface area contributed by atoms with Crippen molar-refractivity contribution in [3.63, 3.8) is 0 Å². The number of aryl methyl sites for hydroxylation is 2. The molecule has 0 unspecified atom stereocenters. The van der Waals surface area contributed by atoms with Gasteiger partial charge in [-0.3, -0.25) is 14.4 Å². The number of carbonyl (C=O) groups is 3. The number of nitrogens with zero attached hydrogens (tertiary/aromatic N) is 2. The fourth-order valence-corrected chi connectivity index (χ4v) is 4.30. The maximum Gasteiger partial charge on any atom is 0.283 e. The van der Waals surface area contributed by atoms with Crippen molar-refractivity contribution in [2.45, 2.75) is 39.5 Å². The first-order valence-corrected chi connectivity index (χ1v) is 11.3. The lowest BCUT2D eigenvalue weighted by molar-refractivity contribution is -0.120. The molecule has 0 aliphatic carbocycles. The van der Waals surface area contributed by atoms with Crippen molar-refractivity contribution in [2.24, 2.45) is 0 Å². The number of benzene rings is 2. The van der Waals surface area contributed by atoms with Crippen LogP contribution in [0, 0.1) is 13.8 Å². The highest BCUT2D eigenvalue weighted by Gasteiger charge is 2.39. The van der Waals surface area contributed by atoms with E-state index in [4.69, 9.17) is 11.6 Å². The molecule has 0 saturated carbocycles. The Morgan fingerprint density at radius 1 is 0.906 bits per heavy atom. The van der Waals surface area contributed by atoms with Gasteiger partial charge in [-0.25, -0.2) is 4.90 Å². The average Bonchev–Trinajstić information content (AvgIpc) is 2.99. The van der Waals surface area contributed by atoms with E-state index in [0.29, 0.717) is 16.9 Å². The van der Waals surface area contributed by atoms with Gasteiger partial charge in [0, 0.05) is 24.3 Å². The fourth-order valence-electron chi connectivity index (χ4n) is 4.09. The number of rotatable bonds is 4. The summed E-state index contributed by atoms with van der Waals surface area (Å²) in [5, 5.41) is 2.82. The molecule has 2 aliphatic heterocycles. The SMILES string of the molecule is Cc1ccc(C)c(N2C(=O)C(Cl)=C(Nc3ccc(C(=O)N4CCCCCC4)cc3)C2=O)c1. The third-order valence-corrected chi connectivity index (χ3v) is 6.28. The van der Waals surface area contributed by atoms with Gasteiger partial charge in [0.25, 0.3) is 17.7 Å². The van der Waals surface area contributed by atoms with Crippen molar-refractivity contribution in [1.29, 1.82) is 0 Å². The van der Waals surface area contributed by atoms with Gasteiger partial charge in [0.1, 0.15) is 10.7 Å². The molecule has 32 heavy (non-hydrogen) atoms. The van der Waals surface area contributed by atoms with Gasteiger partial charge < -0.3 is 10.2 Å². The van der Waals surface area contributed by atoms with Crippen LogP contribution in [0.25, 0.3) is 0 Å². The summed E-state index contributed by atoms with van der Waals surface area (Å²) in [6.07, 6.45) is 4.39. The van der Waals surface area contributed by atoms with Crippen LogP contribution < -0.4 is 10.2 Å². The number of imide groups is 1. The lowest BCUT2D eigenvalue weighted by atomic mass is 10.1. The van der Waals surface area contributed by atoms with Crippen LogP contribution >= 0.6 is 11.6 Å². The second kappa shape index (κ2) is 9.17. The molecule has 7 heteroatoms. The Morgan fingerprint density at radius 2 is 1.56 bits per heavy atom. The van der Waals surface area contributed by atoms with E-state index in [9.17, 15) is 14.4 Å². The minimum atomic E-state index is -0.555. The topological polar surface area (TPSA) is 69.7 Å². The minimum absolute atomic E-state index is 0.0175. The Hall–Kier alpha value is -3.12. The molecule has 3 amide bonds. The first kappa shape index (κ1) is 22.1. The van der Waals surface area contributed by atoms with Gasteiger partial charge in [-0.2, -0.15) is 0 Å². The molecule has 0 radical (unpaired) electrons. The van der Waals surface area contributed by atoms with Gasteiger partial charge in [0.2, 0.25) is 0 Å². The van der Waals surface area contributed by atoms with Gasteiger partial charge in [0.05, 0.1) is 5.69 Å². The van der Waals surface area contributed by atoms with E-state index in [1.54, 1.807) is 30.3 Å². The lowest BCUT2D eigenvalue weighted by Crippen LogP contribution is -2.33. The number of nitrogens with one attached hydrogen (secondary N) is 1. The summed E-state index contributed by atoms with van der Waals surface area (Å²) in [6.45, 7) is 5.31. The predicted molar refractivity (Wildman–Crippen MR) is 126 cm³/mol. The molecule has 0 atom stereocenters. The second-order valence-electron chi connectivity index (χ2n) is 8.33. The maximum atomic E-state index is 13.0. The Kier molecular flexibility index (Phi) is 6.33. The molecule has 1 N–H and O–H groups in total. The third-order valence-electron chi connectivity index (χ3n) is 5.93. The van der Waals surface area contributed by atoms with E-state index < -0.39 is 11.8 Å². The van der Waals surface area contributed by atoms with Crippen molar-refractivity contribution >= 4 is 40.7 Å². The molecule has 166 valence electrons. The summed E-state index contributed by atoms with van der Waals surface area (Å²) in [5.74, 6) is -1.04. The summed E-state index contributed by atoms with van der Waals surface area (Å²) in [5.41, 5.74) is 3.48. The summed E-state index contributed by atoms with van der Waals surface area (Å²) in [6, 6.07) is 12.5. The van der Waals surface area contributed by atoms with Crippen LogP contribution in [-0.2, 0) is 9.59 Å². The number of hydrogen-bond donors (Lipinski definition) is 1. The molecule has 1 fully saturated rings. The van der Waals surface area contributed by atoms with Crippen molar-refractivity contribution in [3.8, 4) is 0 Å². The highest BCUT2D eigenvalue weighted by atomic mass is 35.5. The van der Waals surface area contributed by atoms with E-state index in [1.807, 2.05) is 30.9 Å². The first-order valence-electron chi connectivity index (χ1n) is 10.9. The monoisotopic (exact) mass is 451 g/mol. The molecule has 1 saturated heterocycles. The molecule has 0 bridgehead atoms. The number of amides is 3. The molecule has 2 heterocycles. The van der Waals surface area contributed by atoms with Crippen LogP contribution in [-0.4, -0.2) is 35.7 Å². The smallest absolute Gasteiger partial charge is 0.283 e. The zero-order valence-corrected chi connectivity index (χ0v) is 19.0. The molecular formula is C25H26ClN3O3. The Labute approximate surface area is 192 Å². The molecule has 4 rings (SSSR count). The van der Waals surface area contributed by atoms with Gasteiger partial charge >= 0.3 is 0 Å². The first-order chi connectivity index (χ1) is 15.4. The molecule has 2 aromatic rings. The van der Waals surface area contributed by atoms with Crippen LogP contribution in [0.3, 0.4) is 0 Å². The van der Waals surface area contributed by atoms with Crippen molar-refractivity contribution in [3.05, 3.63) is 69.9 Å². The molecular weight excluding hydrogens is 426 g/mol. The van der Waals surface area contributed by atoms with Crippen molar-refractivity contribution in [1.82, 2.24) is 4.90 Å². The Balaban J connectivity index is 1.51. The largest absolute Gasteiger partial charge is 0.350 e. The fraction of sp³-hybridized carbons (Fsp3) is 0.320. The van der Waals surface area contributed by atoms with Crippen molar-refractivity contribution in [2.75, 3.05) is 23.3 Å². The lowest BCUT2D eigenvalue weighted by Gasteiger charge is -2.20. The van der Waals surface area contributed by atoms with Gasteiger partial charge in [-0.15, -0.1) is 0 Å². The van der Waals surface area contributed by atoms with E-state index in [0.717, 1.165) is 54.8 Å². The number of hydrogen-bond acceptors (Lipinski definition) is 4. The van der Waals surface area contributed by atoms with Gasteiger partial charge in [0.15, 0.2) is 0 Å². The number of halogens is 1.